The molecular formula is C13H18N2OS. The second-order valence-corrected chi connectivity index (χ2v) is 6.17. The molecule has 1 aliphatic carbocycles. The number of thiazole rings is 1. The van der Waals surface area contributed by atoms with Crippen molar-refractivity contribution in [1.29, 1.82) is 0 Å². The predicted molar refractivity (Wildman–Crippen MR) is 70.0 cm³/mol. The van der Waals surface area contributed by atoms with Crippen molar-refractivity contribution < 1.29 is 4.79 Å². The van der Waals surface area contributed by atoms with Crippen molar-refractivity contribution in [2.24, 2.45) is 5.92 Å². The van der Waals surface area contributed by atoms with E-state index in [0.717, 1.165) is 47.3 Å². The van der Waals surface area contributed by atoms with Gasteiger partial charge in [-0.25, -0.2) is 4.98 Å². The lowest BCUT2D eigenvalue weighted by atomic mass is 10.1. The lowest BCUT2D eigenvalue weighted by Crippen LogP contribution is -2.31. The van der Waals surface area contributed by atoms with Gasteiger partial charge in [0, 0.05) is 12.6 Å². The molecule has 0 N–H and O–H groups in total. The van der Waals surface area contributed by atoms with E-state index in [1.807, 2.05) is 0 Å². The van der Waals surface area contributed by atoms with E-state index in [0.29, 0.717) is 6.04 Å². The average Bonchev–Trinajstić information content (AvgIpc) is 3.02. The van der Waals surface area contributed by atoms with Crippen molar-refractivity contribution in [3.05, 3.63) is 10.6 Å². The molecule has 3 nitrogen and oxygen atoms in total. The molecule has 92 valence electrons. The topological polar surface area (TPSA) is 33.2 Å². The number of hydrogen-bond donors (Lipinski definition) is 0. The molecule has 2 bridgehead atoms. The molecule has 2 unspecified atom stereocenters. The zero-order valence-electron chi connectivity index (χ0n) is 10.2. The predicted octanol–water partition coefficient (Wildman–Crippen LogP) is 2.90. The summed E-state index contributed by atoms with van der Waals surface area (Å²) in [5.41, 5.74) is 1.00. The van der Waals surface area contributed by atoms with Crippen LogP contribution in [-0.4, -0.2) is 23.9 Å². The van der Waals surface area contributed by atoms with Gasteiger partial charge >= 0.3 is 0 Å². The Morgan fingerprint density at radius 1 is 1.53 bits per heavy atom. The summed E-state index contributed by atoms with van der Waals surface area (Å²) in [7, 11) is 0. The van der Waals surface area contributed by atoms with Gasteiger partial charge in [0.1, 0.15) is 0 Å². The highest BCUT2D eigenvalue weighted by molar-refractivity contribution is 7.17. The van der Waals surface area contributed by atoms with Crippen molar-refractivity contribution in [1.82, 2.24) is 4.98 Å². The highest BCUT2D eigenvalue weighted by atomic mass is 32.1. The van der Waals surface area contributed by atoms with Gasteiger partial charge in [-0.05, 0) is 31.6 Å². The molecule has 17 heavy (non-hydrogen) atoms. The third-order valence-corrected chi connectivity index (χ3v) is 5.03. The Hall–Kier alpha value is -0.900. The van der Waals surface area contributed by atoms with Crippen LogP contribution in [0.5, 0.6) is 0 Å². The van der Waals surface area contributed by atoms with E-state index >= 15 is 0 Å². The minimum Gasteiger partial charge on any atom is -0.345 e. The fraction of sp³-hybridized carbons (Fsp3) is 0.692. The first-order valence-electron chi connectivity index (χ1n) is 6.53. The summed E-state index contributed by atoms with van der Waals surface area (Å²) in [5.74, 6) is 0.873. The molecule has 1 saturated carbocycles. The second-order valence-electron chi connectivity index (χ2n) is 5.16. The first kappa shape index (κ1) is 11.2. The number of aryl methyl sites for hydroxylation is 1. The zero-order chi connectivity index (χ0) is 11.8. The number of aromatic nitrogens is 1. The molecule has 3 rings (SSSR count). The molecule has 2 heterocycles. The van der Waals surface area contributed by atoms with Gasteiger partial charge in [-0.3, -0.25) is 4.79 Å². The van der Waals surface area contributed by atoms with E-state index in [-0.39, 0.29) is 0 Å². The molecule has 1 saturated heterocycles. The maximum atomic E-state index is 11.0. The second kappa shape index (κ2) is 4.41. The van der Waals surface area contributed by atoms with Gasteiger partial charge in [-0.1, -0.05) is 24.7 Å². The van der Waals surface area contributed by atoms with Crippen LogP contribution >= 0.6 is 11.3 Å². The van der Waals surface area contributed by atoms with Crippen LogP contribution in [0.15, 0.2) is 0 Å². The van der Waals surface area contributed by atoms with Crippen molar-refractivity contribution >= 4 is 22.8 Å². The van der Waals surface area contributed by atoms with Crippen LogP contribution in [0.4, 0.5) is 5.13 Å². The van der Waals surface area contributed by atoms with Gasteiger partial charge < -0.3 is 4.90 Å². The van der Waals surface area contributed by atoms with E-state index in [9.17, 15) is 4.79 Å². The van der Waals surface area contributed by atoms with Gasteiger partial charge in [0.05, 0.1) is 10.6 Å². The SMILES string of the molecule is CCCc1nc(N2CC3CCC2C3)sc1C=O. The van der Waals surface area contributed by atoms with Crippen LogP contribution < -0.4 is 4.90 Å². The summed E-state index contributed by atoms with van der Waals surface area (Å²) in [4.78, 5) is 19.0. The normalized spacial score (nSPS) is 26.8. The molecule has 1 aromatic heterocycles. The summed E-state index contributed by atoms with van der Waals surface area (Å²) in [5, 5.41) is 1.09. The Kier molecular flexibility index (Phi) is 2.90. The van der Waals surface area contributed by atoms with Gasteiger partial charge in [0.15, 0.2) is 11.4 Å². The Labute approximate surface area is 106 Å². The third kappa shape index (κ3) is 1.88. The molecular weight excluding hydrogens is 232 g/mol. The number of fused-ring (bicyclic) bond motifs is 2. The number of carbonyl (C=O) groups excluding carboxylic acids is 1. The fourth-order valence-electron chi connectivity index (χ4n) is 3.14. The number of aldehydes is 1. The number of carbonyl (C=O) groups is 1. The molecule has 0 spiro atoms. The number of anilines is 1. The van der Waals surface area contributed by atoms with Gasteiger partial charge in [-0.15, -0.1) is 0 Å². The van der Waals surface area contributed by atoms with Crippen molar-refractivity contribution in [2.75, 3.05) is 11.4 Å². The number of hydrogen-bond acceptors (Lipinski definition) is 4. The first-order chi connectivity index (χ1) is 8.31. The molecule has 0 amide bonds. The van der Waals surface area contributed by atoms with Crippen LogP contribution in [0.2, 0.25) is 0 Å². The summed E-state index contributed by atoms with van der Waals surface area (Å²) in [6.45, 7) is 3.29. The highest BCUT2D eigenvalue weighted by Gasteiger charge is 2.39. The standard InChI is InChI=1S/C13H18N2OS/c1-2-3-11-12(8-16)17-13(14-11)15-7-9-4-5-10(15)6-9/h8-10H,2-7H2,1H3. The monoisotopic (exact) mass is 250 g/mol. The van der Waals surface area contributed by atoms with Crippen molar-refractivity contribution in [2.45, 2.75) is 45.1 Å². The van der Waals surface area contributed by atoms with Gasteiger partial charge in [0.25, 0.3) is 0 Å². The largest absolute Gasteiger partial charge is 0.345 e. The lowest BCUT2D eigenvalue weighted by molar-refractivity contribution is 0.112. The molecule has 4 heteroatoms. The fourth-order valence-corrected chi connectivity index (χ4v) is 4.15. The first-order valence-corrected chi connectivity index (χ1v) is 7.35. The maximum absolute atomic E-state index is 11.0. The zero-order valence-corrected chi connectivity index (χ0v) is 11.0. The Balaban J connectivity index is 1.85. The molecule has 0 radical (unpaired) electrons. The molecule has 1 aliphatic heterocycles. The quantitative estimate of drug-likeness (QED) is 0.770. The molecule has 2 aliphatic rings. The van der Waals surface area contributed by atoms with Gasteiger partial charge in [-0.2, -0.15) is 0 Å². The Bertz CT molecular complexity index is 429. The van der Waals surface area contributed by atoms with E-state index in [4.69, 9.17) is 0 Å². The maximum Gasteiger partial charge on any atom is 0.186 e. The minimum absolute atomic E-state index is 0.695. The van der Waals surface area contributed by atoms with E-state index < -0.39 is 0 Å². The third-order valence-electron chi connectivity index (χ3n) is 3.97. The summed E-state index contributed by atoms with van der Waals surface area (Å²) >= 11 is 1.58. The van der Waals surface area contributed by atoms with Crippen molar-refractivity contribution in [3.8, 4) is 0 Å². The van der Waals surface area contributed by atoms with Crippen LogP contribution in [-0.2, 0) is 6.42 Å². The van der Waals surface area contributed by atoms with Gasteiger partial charge in [0.2, 0.25) is 0 Å². The molecule has 0 aromatic carbocycles. The van der Waals surface area contributed by atoms with Crippen LogP contribution in [0.3, 0.4) is 0 Å². The summed E-state index contributed by atoms with van der Waals surface area (Å²) in [6, 6.07) is 0.695. The number of piperidine rings is 1. The summed E-state index contributed by atoms with van der Waals surface area (Å²) < 4.78 is 0. The summed E-state index contributed by atoms with van der Waals surface area (Å²) in [6.07, 6.45) is 6.97. The minimum atomic E-state index is 0.695. The Morgan fingerprint density at radius 2 is 2.41 bits per heavy atom. The number of nitrogens with zero attached hydrogens (tertiary/aromatic N) is 2. The number of rotatable bonds is 4. The Morgan fingerprint density at radius 3 is 3.00 bits per heavy atom. The smallest absolute Gasteiger partial charge is 0.186 e. The lowest BCUT2D eigenvalue weighted by Gasteiger charge is -2.26. The molecule has 2 atom stereocenters. The van der Waals surface area contributed by atoms with E-state index in [2.05, 4.69) is 16.8 Å². The van der Waals surface area contributed by atoms with Crippen molar-refractivity contribution in [3.63, 3.8) is 0 Å². The molecule has 2 fully saturated rings. The molecule has 1 aromatic rings. The van der Waals surface area contributed by atoms with Crippen LogP contribution in [0.25, 0.3) is 0 Å². The van der Waals surface area contributed by atoms with Crippen LogP contribution in [0, 0.1) is 5.92 Å². The van der Waals surface area contributed by atoms with Crippen LogP contribution in [0.1, 0.15) is 48.0 Å². The average molecular weight is 250 g/mol. The van der Waals surface area contributed by atoms with E-state index in [1.165, 1.54) is 19.3 Å². The highest BCUT2D eigenvalue weighted by Crippen LogP contribution is 2.41. The van der Waals surface area contributed by atoms with E-state index in [1.54, 1.807) is 11.3 Å².